The Morgan fingerprint density at radius 3 is 2.63 bits per heavy atom. The highest BCUT2D eigenvalue weighted by Gasteiger charge is 2.06. The normalized spacial score (nSPS) is 10.8. The molecule has 0 atom stereocenters. The molecule has 0 bridgehead atoms. The predicted octanol–water partition coefficient (Wildman–Crippen LogP) is 3.49. The van der Waals surface area contributed by atoms with Crippen molar-refractivity contribution in [3.8, 4) is 0 Å². The Morgan fingerprint density at radius 2 is 1.95 bits per heavy atom. The van der Waals surface area contributed by atoms with Gasteiger partial charge >= 0.3 is 0 Å². The Morgan fingerprint density at radius 1 is 1.16 bits per heavy atom. The van der Waals surface area contributed by atoms with E-state index in [1.807, 2.05) is 19.9 Å². The van der Waals surface area contributed by atoms with E-state index in [-0.39, 0.29) is 6.54 Å². The minimum Gasteiger partial charge on any atom is -0.366 e. The molecule has 1 aromatic carbocycles. The zero-order chi connectivity index (χ0) is 13.8. The molecule has 5 heteroatoms. The Bertz CT molecular complexity index is 570. The van der Waals surface area contributed by atoms with Gasteiger partial charge in [0.25, 0.3) is 0 Å². The van der Waals surface area contributed by atoms with Crippen LogP contribution in [0.1, 0.15) is 31.0 Å². The zero-order valence-electron chi connectivity index (χ0n) is 10.8. The van der Waals surface area contributed by atoms with Crippen LogP contribution in [0.3, 0.4) is 0 Å². The summed E-state index contributed by atoms with van der Waals surface area (Å²) >= 11 is 0. The second kappa shape index (κ2) is 5.73. The number of halogens is 2. The monoisotopic (exact) mass is 263 g/mol. The van der Waals surface area contributed by atoms with Gasteiger partial charge in [-0.3, -0.25) is 0 Å². The van der Waals surface area contributed by atoms with Crippen molar-refractivity contribution in [3.05, 3.63) is 53.5 Å². The van der Waals surface area contributed by atoms with Gasteiger partial charge in [0.2, 0.25) is 0 Å². The molecule has 2 aromatic rings. The topological polar surface area (TPSA) is 37.8 Å². The second-order valence-electron chi connectivity index (χ2n) is 4.57. The van der Waals surface area contributed by atoms with Crippen LogP contribution >= 0.6 is 0 Å². The number of nitrogens with zero attached hydrogens (tertiary/aromatic N) is 2. The summed E-state index contributed by atoms with van der Waals surface area (Å²) in [5, 5.41) is 3.00. The maximum absolute atomic E-state index is 13.4. The summed E-state index contributed by atoms with van der Waals surface area (Å²) in [5.74, 6) is -0.218. The molecule has 0 fully saturated rings. The van der Waals surface area contributed by atoms with E-state index < -0.39 is 11.6 Å². The number of benzene rings is 1. The van der Waals surface area contributed by atoms with Gasteiger partial charge in [-0.25, -0.2) is 18.7 Å². The van der Waals surface area contributed by atoms with Gasteiger partial charge in [0.1, 0.15) is 23.8 Å². The zero-order valence-corrected chi connectivity index (χ0v) is 10.8. The van der Waals surface area contributed by atoms with E-state index >= 15 is 0 Å². The van der Waals surface area contributed by atoms with Gasteiger partial charge in [-0.1, -0.05) is 19.9 Å². The van der Waals surface area contributed by atoms with Crippen molar-refractivity contribution in [1.29, 1.82) is 0 Å². The summed E-state index contributed by atoms with van der Waals surface area (Å²) < 4.78 is 26.2. The molecular formula is C14H15F2N3. The van der Waals surface area contributed by atoms with Gasteiger partial charge in [-0.05, 0) is 12.0 Å². The van der Waals surface area contributed by atoms with E-state index in [0.29, 0.717) is 17.3 Å². The quantitative estimate of drug-likeness (QED) is 0.917. The fraction of sp³-hybridized carbons (Fsp3) is 0.286. The fourth-order valence-corrected chi connectivity index (χ4v) is 1.64. The standard InChI is InChI=1S/C14H15F2N3/c1-9(2)13-6-14(19-8-18-13)17-7-10-3-4-11(15)5-12(10)16/h3-6,8-9H,7H2,1-2H3,(H,17,18,19). The van der Waals surface area contributed by atoms with Gasteiger partial charge in [0, 0.05) is 29.9 Å². The lowest BCUT2D eigenvalue weighted by Gasteiger charge is -2.09. The lowest BCUT2D eigenvalue weighted by Crippen LogP contribution is -2.05. The second-order valence-corrected chi connectivity index (χ2v) is 4.57. The van der Waals surface area contributed by atoms with E-state index in [1.165, 1.54) is 18.5 Å². The SMILES string of the molecule is CC(C)c1cc(NCc2ccc(F)cc2F)ncn1. The molecule has 3 nitrogen and oxygen atoms in total. The number of aromatic nitrogens is 2. The van der Waals surface area contributed by atoms with Crippen molar-refractivity contribution in [2.24, 2.45) is 0 Å². The van der Waals surface area contributed by atoms with E-state index in [4.69, 9.17) is 0 Å². The van der Waals surface area contributed by atoms with Crippen molar-refractivity contribution in [2.75, 3.05) is 5.32 Å². The molecule has 19 heavy (non-hydrogen) atoms. The van der Waals surface area contributed by atoms with Crippen molar-refractivity contribution < 1.29 is 8.78 Å². The Kier molecular flexibility index (Phi) is 4.04. The average Bonchev–Trinajstić information content (AvgIpc) is 2.38. The molecule has 0 saturated heterocycles. The molecule has 1 heterocycles. The predicted molar refractivity (Wildman–Crippen MR) is 69.8 cm³/mol. The molecule has 0 saturated carbocycles. The van der Waals surface area contributed by atoms with Gasteiger partial charge in [0.05, 0.1) is 0 Å². The molecule has 0 aliphatic carbocycles. The molecule has 100 valence electrons. The van der Waals surface area contributed by atoms with Crippen molar-refractivity contribution in [2.45, 2.75) is 26.3 Å². The summed E-state index contributed by atoms with van der Waals surface area (Å²) in [6.45, 7) is 4.32. The summed E-state index contributed by atoms with van der Waals surface area (Å²) in [7, 11) is 0. The largest absolute Gasteiger partial charge is 0.366 e. The molecule has 1 aromatic heterocycles. The number of rotatable bonds is 4. The third kappa shape index (κ3) is 3.47. The highest BCUT2D eigenvalue weighted by molar-refractivity contribution is 5.37. The first kappa shape index (κ1) is 13.4. The van der Waals surface area contributed by atoms with Crippen LogP contribution in [0.4, 0.5) is 14.6 Å². The molecule has 0 radical (unpaired) electrons. The van der Waals surface area contributed by atoms with E-state index in [1.54, 1.807) is 0 Å². The first-order valence-corrected chi connectivity index (χ1v) is 6.06. The highest BCUT2D eigenvalue weighted by atomic mass is 19.1. The molecular weight excluding hydrogens is 248 g/mol. The Balaban J connectivity index is 2.08. The molecule has 0 amide bonds. The highest BCUT2D eigenvalue weighted by Crippen LogP contribution is 2.15. The smallest absolute Gasteiger partial charge is 0.131 e. The summed E-state index contributed by atoms with van der Waals surface area (Å²) in [5.41, 5.74) is 1.31. The van der Waals surface area contributed by atoms with Crippen LogP contribution in [0.15, 0.2) is 30.6 Å². The van der Waals surface area contributed by atoms with Gasteiger partial charge < -0.3 is 5.32 Å². The maximum Gasteiger partial charge on any atom is 0.131 e. The van der Waals surface area contributed by atoms with Crippen molar-refractivity contribution >= 4 is 5.82 Å². The van der Waals surface area contributed by atoms with Crippen LogP contribution in [0, 0.1) is 11.6 Å². The lowest BCUT2D eigenvalue weighted by atomic mass is 10.1. The minimum atomic E-state index is -0.578. The number of hydrogen-bond acceptors (Lipinski definition) is 3. The number of anilines is 1. The fourth-order valence-electron chi connectivity index (χ4n) is 1.64. The molecule has 0 aliphatic rings. The van der Waals surface area contributed by atoms with E-state index in [0.717, 1.165) is 11.8 Å². The average molecular weight is 263 g/mol. The first-order chi connectivity index (χ1) is 9.06. The first-order valence-electron chi connectivity index (χ1n) is 6.06. The Hall–Kier alpha value is -2.04. The number of nitrogens with one attached hydrogen (secondary N) is 1. The van der Waals surface area contributed by atoms with E-state index in [9.17, 15) is 8.78 Å². The summed E-state index contributed by atoms with van der Waals surface area (Å²) in [6.07, 6.45) is 1.47. The Labute approximate surface area is 110 Å². The van der Waals surface area contributed by atoms with Crippen molar-refractivity contribution in [1.82, 2.24) is 9.97 Å². The van der Waals surface area contributed by atoms with Crippen LogP contribution in [-0.2, 0) is 6.54 Å². The maximum atomic E-state index is 13.4. The van der Waals surface area contributed by atoms with Crippen molar-refractivity contribution in [3.63, 3.8) is 0 Å². The van der Waals surface area contributed by atoms with Crippen LogP contribution in [-0.4, -0.2) is 9.97 Å². The van der Waals surface area contributed by atoms with Crippen LogP contribution in [0.25, 0.3) is 0 Å². The number of hydrogen-bond donors (Lipinski definition) is 1. The van der Waals surface area contributed by atoms with Crippen LogP contribution in [0.2, 0.25) is 0 Å². The van der Waals surface area contributed by atoms with Gasteiger partial charge in [-0.15, -0.1) is 0 Å². The van der Waals surface area contributed by atoms with Crippen LogP contribution in [0.5, 0.6) is 0 Å². The lowest BCUT2D eigenvalue weighted by molar-refractivity contribution is 0.574. The minimum absolute atomic E-state index is 0.251. The molecule has 0 aliphatic heterocycles. The molecule has 0 spiro atoms. The molecule has 1 N–H and O–H groups in total. The van der Waals surface area contributed by atoms with Gasteiger partial charge in [0.15, 0.2) is 0 Å². The van der Waals surface area contributed by atoms with Gasteiger partial charge in [-0.2, -0.15) is 0 Å². The third-order valence-corrected chi connectivity index (χ3v) is 2.75. The van der Waals surface area contributed by atoms with Crippen LogP contribution < -0.4 is 5.32 Å². The summed E-state index contributed by atoms with van der Waals surface area (Å²) in [6, 6.07) is 5.35. The third-order valence-electron chi connectivity index (χ3n) is 2.75. The summed E-state index contributed by atoms with van der Waals surface area (Å²) in [4.78, 5) is 8.21. The molecule has 0 unspecified atom stereocenters. The molecule has 2 rings (SSSR count). The van der Waals surface area contributed by atoms with E-state index in [2.05, 4.69) is 15.3 Å².